The molecule has 2 unspecified atom stereocenters. The van der Waals surface area contributed by atoms with E-state index in [1.54, 1.807) is 0 Å². The third kappa shape index (κ3) is 2.03. The number of ether oxygens (including phenoxy) is 1. The van der Waals surface area contributed by atoms with Gasteiger partial charge >= 0.3 is 0 Å². The van der Waals surface area contributed by atoms with Gasteiger partial charge in [0.2, 0.25) is 5.91 Å². The van der Waals surface area contributed by atoms with Crippen molar-refractivity contribution in [2.75, 3.05) is 11.5 Å². The van der Waals surface area contributed by atoms with Gasteiger partial charge in [-0.15, -0.1) is 0 Å². The normalized spacial score (nSPS) is 26.4. The Morgan fingerprint density at radius 2 is 2.28 bits per heavy atom. The van der Waals surface area contributed by atoms with E-state index in [2.05, 4.69) is 13.0 Å². The quantitative estimate of drug-likeness (QED) is 0.801. The smallest absolute Gasteiger partial charge is 0.229 e. The van der Waals surface area contributed by atoms with Crippen molar-refractivity contribution in [2.45, 2.75) is 44.8 Å². The number of carbonyl (C=O) groups excluding carboxylic acids is 1. The van der Waals surface area contributed by atoms with Crippen LogP contribution < -0.4 is 4.90 Å². The molecule has 0 bridgehead atoms. The van der Waals surface area contributed by atoms with Crippen LogP contribution in [0.1, 0.15) is 31.7 Å². The summed E-state index contributed by atoms with van der Waals surface area (Å²) < 4.78 is 5.56. The van der Waals surface area contributed by atoms with Crippen LogP contribution in [-0.2, 0) is 16.0 Å². The maximum atomic E-state index is 12.4. The van der Waals surface area contributed by atoms with Crippen molar-refractivity contribution >= 4 is 11.6 Å². The lowest BCUT2D eigenvalue weighted by atomic mass is 10.1. The summed E-state index contributed by atoms with van der Waals surface area (Å²) in [6, 6.07) is 8.48. The van der Waals surface area contributed by atoms with Crippen molar-refractivity contribution in [3.05, 3.63) is 29.8 Å². The summed E-state index contributed by atoms with van der Waals surface area (Å²) in [5.41, 5.74) is 2.37. The van der Waals surface area contributed by atoms with Gasteiger partial charge in [-0.2, -0.15) is 0 Å². The van der Waals surface area contributed by atoms with Crippen LogP contribution in [0, 0.1) is 0 Å². The third-order valence-electron chi connectivity index (χ3n) is 3.90. The molecule has 1 fully saturated rings. The molecular formula is C15H19NO2. The molecule has 1 saturated heterocycles. The van der Waals surface area contributed by atoms with Gasteiger partial charge in [0.25, 0.3) is 0 Å². The molecule has 0 radical (unpaired) electrons. The number of para-hydroxylation sites is 1. The van der Waals surface area contributed by atoms with Crippen LogP contribution >= 0.6 is 0 Å². The summed E-state index contributed by atoms with van der Waals surface area (Å²) in [5.74, 6) is 0.208. The predicted octanol–water partition coefficient (Wildman–Crippen LogP) is 2.53. The zero-order chi connectivity index (χ0) is 12.5. The monoisotopic (exact) mass is 245 g/mol. The fraction of sp³-hybridized carbons (Fsp3) is 0.533. The second-order valence-electron chi connectivity index (χ2n) is 5.28. The van der Waals surface area contributed by atoms with Crippen molar-refractivity contribution in [3.8, 4) is 0 Å². The second-order valence-corrected chi connectivity index (χ2v) is 5.28. The molecule has 2 aliphatic rings. The van der Waals surface area contributed by atoms with Gasteiger partial charge in [-0.25, -0.2) is 0 Å². The number of hydrogen-bond donors (Lipinski definition) is 0. The van der Waals surface area contributed by atoms with E-state index in [9.17, 15) is 4.79 Å². The number of benzene rings is 1. The van der Waals surface area contributed by atoms with Gasteiger partial charge < -0.3 is 9.64 Å². The van der Waals surface area contributed by atoms with E-state index in [1.165, 1.54) is 5.56 Å². The standard InChI is InChI=1S/C15H19NO2/c1-11-9-12-5-2-3-7-14(12)16(11)15(17)10-13-6-4-8-18-13/h2-3,5,7,11,13H,4,6,8-10H2,1H3. The SMILES string of the molecule is CC1Cc2ccccc2N1C(=O)CC1CCCO1. The molecular weight excluding hydrogens is 226 g/mol. The minimum Gasteiger partial charge on any atom is -0.378 e. The molecule has 3 heteroatoms. The molecule has 2 aliphatic heterocycles. The Kier molecular flexibility index (Phi) is 3.08. The summed E-state index contributed by atoms with van der Waals surface area (Å²) in [7, 11) is 0. The Bertz CT molecular complexity index is 452. The van der Waals surface area contributed by atoms with Crippen LogP contribution in [0.2, 0.25) is 0 Å². The Morgan fingerprint density at radius 1 is 1.44 bits per heavy atom. The van der Waals surface area contributed by atoms with Crippen LogP contribution in [0.4, 0.5) is 5.69 Å². The molecule has 3 nitrogen and oxygen atoms in total. The highest BCUT2D eigenvalue weighted by molar-refractivity contribution is 5.96. The molecule has 1 aromatic rings. The first-order valence-electron chi connectivity index (χ1n) is 6.77. The number of fused-ring (bicyclic) bond motifs is 1. The highest BCUT2D eigenvalue weighted by atomic mass is 16.5. The number of amides is 1. The van der Waals surface area contributed by atoms with Gasteiger partial charge in [0, 0.05) is 18.3 Å². The van der Waals surface area contributed by atoms with E-state index in [0.29, 0.717) is 6.42 Å². The Balaban J connectivity index is 1.77. The van der Waals surface area contributed by atoms with Gasteiger partial charge in [-0.05, 0) is 37.8 Å². The molecule has 0 aliphatic carbocycles. The van der Waals surface area contributed by atoms with Crippen molar-refractivity contribution in [1.82, 2.24) is 0 Å². The zero-order valence-electron chi connectivity index (χ0n) is 10.8. The number of anilines is 1. The zero-order valence-corrected chi connectivity index (χ0v) is 10.8. The fourth-order valence-corrected chi connectivity index (χ4v) is 3.04. The van der Waals surface area contributed by atoms with E-state index in [1.807, 2.05) is 23.1 Å². The molecule has 1 aromatic carbocycles. The summed E-state index contributed by atoms with van der Waals surface area (Å²) >= 11 is 0. The average molecular weight is 245 g/mol. The summed E-state index contributed by atoms with van der Waals surface area (Å²) in [5, 5.41) is 0. The molecule has 96 valence electrons. The first-order chi connectivity index (χ1) is 8.75. The summed E-state index contributed by atoms with van der Waals surface area (Å²) in [6.07, 6.45) is 3.74. The van der Waals surface area contributed by atoms with Crippen LogP contribution in [0.25, 0.3) is 0 Å². The third-order valence-corrected chi connectivity index (χ3v) is 3.90. The number of nitrogens with zero attached hydrogens (tertiary/aromatic N) is 1. The van der Waals surface area contributed by atoms with E-state index in [-0.39, 0.29) is 18.1 Å². The van der Waals surface area contributed by atoms with Crippen molar-refractivity contribution in [1.29, 1.82) is 0 Å². The molecule has 0 N–H and O–H groups in total. The fourth-order valence-electron chi connectivity index (χ4n) is 3.04. The first kappa shape index (κ1) is 11.7. The lowest BCUT2D eigenvalue weighted by Gasteiger charge is -2.24. The van der Waals surface area contributed by atoms with Gasteiger partial charge in [0.1, 0.15) is 0 Å². The van der Waals surface area contributed by atoms with E-state index < -0.39 is 0 Å². The van der Waals surface area contributed by atoms with Crippen LogP contribution in [0.5, 0.6) is 0 Å². The van der Waals surface area contributed by atoms with Crippen LogP contribution in [-0.4, -0.2) is 24.7 Å². The number of hydrogen-bond acceptors (Lipinski definition) is 2. The molecule has 18 heavy (non-hydrogen) atoms. The second kappa shape index (κ2) is 4.73. The number of rotatable bonds is 2. The summed E-state index contributed by atoms with van der Waals surface area (Å²) in [4.78, 5) is 14.4. The maximum absolute atomic E-state index is 12.4. The topological polar surface area (TPSA) is 29.5 Å². The average Bonchev–Trinajstić information content (AvgIpc) is 2.94. The van der Waals surface area contributed by atoms with E-state index in [0.717, 1.165) is 31.6 Å². The molecule has 3 rings (SSSR count). The molecule has 2 heterocycles. The van der Waals surface area contributed by atoms with Gasteiger partial charge in [-0.3, -0.25) is 4.79 Å². The summed E-state index contributed by atoms with van der Waals surface area (Å²) in [6.45, 7) is 2.93. The van der Waals surface area contributed by atoms with E-state index in [4.69, 9.17) is 4.74 Å². The Hall–Kier alpha value is -1.35. The van der Waals surface area contributed by atoms with Crippen LogP contribution in [0.3, 0.4) is 0 Å². The molecule has 0 aromatic heterocycles. The highest BCUT2D eigenvalue weighted by Crippen LogP contribution is 2.33. The molecule has 1 amide bonds. The lowest BCUT2D eigenvalue weighted by Crippen LogP contribution is -2.37. The largest absolute Gasteiger partial charge is 0.378 e. The van der Waals surface area contributed by atoms with Crippen molar-refractivity contribution in [3.63, 3.8) is 0 Å². The van der Waals surface area contributed by atoms with Gasteiger partial charge in [-0.1, -0.05) is 18.2 Å². The molecule has 0 saturated carbocycles. The van der Waals surface area contributed by atoms with Crippen molar-refractivity contribution < 1.29 is 9.53 Å². The van der Waals surface area contributed by atoms with E-state index >= 15 is 0 Å². The minimum atomic E-state index is 0.137. The number of carbonyl (C=O) groups is 1. The first-order valence-corrected chi connectivity index (χ1v) is 6.77. The van der Waals surface area contributed by atoms with Gasteiger partial charge in [0.15, 0.2) is 0 Å². The Labute approximate surface area is 108 Å². The maximum Gasteiger partial charge on any atom is 0.229 e. The predicted molar refractivity (Wildman–Crippen MR) is 70.7 cm³/mol. The van der Waals surface area contributed by atoms with Crippen LogP contribution in [0.15, 0.2) is 24.3 Å². The highest BCUT2D eigenvalue weighted by Gasteiger charge is 2.32. The van der Waals surface area contributed by atoms with Crippen molar-refractivity contribution in [2.24, 2.45) is 0 Å². The molecule has 2 atom stereocenters. The lowest BCUT2D eigenvalue weighted by molar-refractivity contribution is -0.121. The minimum absolute atomic E-state index is 0.137. The Morgan fingerprint density at radius 3 is 3.06 bits per heavy atom. The van der Waals surface area contributed by atoms with Gasteiger partial charge in [0.05, 0.1) is 12.5 Å². The molecule has 0 spiro atoms.